The van der Waals surface area contributed by atoms with Crippen LogP contribution < -0.4 is 5.32 Å². The van der Waals surface area contributed by atoms with Crippen molar-refractivity contribution in [2.75, 3.05) is 5.32 Å². The zero-order valence-electron chi connectivity index (χ0n) is 8.33. The third kappa shape index (κ3) is 2.09. The van der Waals surface area contributed by atoms with Gasteiger partial charge in [-0.25, -0.2) is 0 Å². The van der Waals surface area contributed by atoms with Gasteiger partial charge in [0.1, 0.15) is 6.10 Å². The zero-order valence-corrected chi connectivity index (χ0v) is 8.33. The summed E-state index contributed by atoms with van der Waals surface area (Å²) < 4.78 is 0. The van der Waals surface area contributed by atoms with E-state index >= 15 is 0 Å². The summed E-state index contributed by atoms with van der Waals surface area (Å²) in [5.41, 5.74) is 1.41. The van der Waals surface area contributed by atoms with E-state index in [1.54, 1.807) is 30.4 Å². The van der Waals surface area contributed by atoms with Crippen LogP contribution in [0.2, 0.25) is 0 Å². The maximum absolute atomic E-state index is 10.4. The molecule has 0 spiro atoms. The average Bonchev–Trinajstić information content (AvgIpc) is 2.65. The minimum absolute atomic E-state index is 0.0459. The van der Waals surface area contributed by atoms with Gasteiger partial charge in [-0.2, -0.15) is 0 Å². The van der Waals surface area contributed by atoms with Crippen LogP contribution in [0.25, 0.3) is 0 Å². The molecule has 16 heavy (non-hydrogen) atoms. The third-order valence-corrected chi connectivity index (χ3v) is 2.25. The highest BCUT2D eigenvalue weighted by atomic mass is 16.6. The molecule has 5 heteroatoms. The number of benzene rings is 1. The van der Waals surface area contributed by atoms with Gasteiger partial charge in [0.15, 0.2) is 0 Å². The Labute approximate surface area is 91.9 Å². The van der Waals surface area contributed by atoms with Crippen molar-refractivity contribution in [2.45, 2.75) is 6.10 Å². The Hall–Kier alpha value is -2.14. The molecule has 0 aromatic heterocycles. The van der Waals surface area contributed by atoms with Crippen LogP contribution >= 0.6 is 0 Å². The Bertz CT molecular complexity index is 463. The molecule has 1 atom stereocenters. The van der Waals surface area contributed by atoms with Gasteiger partial charge in [-0.15, -0.1) is 0 Å². The summed E-state index contributed by atoms with van der Waals surface area (Å²) in [7, 11) is 0. The molecule has 5 nitrogen and oxygen atoms in total. The molecule has 0 amide bonds. The third-order valence-electron chi connectivity index (χ3n) is 2.25. The first-order chi connectivity index (χ1) is 7.66. The molecule has 1 unspecified atom stereocenters. The van der Waals surface area contributed by atoms with Crippen LogP contribution in [0.4, 0.5) is 11.4 Å². The zero-order chi connectivity index (χ0) is 11.5. The number of nitrogens with zero attached hydrogens (tertiary/aromatic N) is 1. The molecule has 0 heterocycles. The van der Waals surface area contributed by atoms with Crippen LogP contribution in [0.3, 0.4) is 0 Å². The number of aliphatic hydroxyl groups excluding tert-OH is 1. The van der Waals surface area contributed by atoms with Crippen molar-refractivity contribution >= 4 is 11.4 Å². The Morgan fingerprint density at radius 3 is 2.50 bits per heavy atom. The number of nitrogens with one attached hydrogen (secondary N) is 1. The quantitative estimate of drug-likeness (QED) is 0.599. The molecule has 0 aliphatic heterocycles. The van der Waals surface area contributed by atoms with E-state index in [-0.39, 0.29) is 5.69 Å². The van der Waals surface area contributed by atoms with E-state index in [9.17, 15) is 15.2 Å². The average molecular weight is 218 g/mol. The lowest BCUT2D eigenvalue weighted by Crippen LogP contribution is -2.11. The highest BCUT2D eigenvalue weighted by Gasteiger charge is 2.11. The number of allylic oxidation sites excluding steroid dienone is 2. The standard InChI is InChI=1S/C11H10N2O3/c14-11-3-1-2-10(11)12-8-4-6-9(7-5-8)13(15)16/h1-7,11-12,14H. The summed E-state index contributed by atoms with van der Waals surface area (Å²) in [4.78, 5) is 9.98. The van der Waals surface area contributed by atoms with Crippen LogP contribution in [0, 0.1) is 10.1 Å². The smallest absolute Gasteiger partial charge is 0.269 e. The summed E-state index contributed by atoms with van der Waals surface area (Å²) in [5, 5.41) is 22.9. The van der Waals surface area contributed by atoms with Gasteiger partial charge in [0, 0.05) is 23.5 Å². The van der Waals surface area contributed by atoms with E-state index in [0.29, 0.717) is 11.4 Å². The summed E-state index contributed by atoms with van der Waals surface area (Å²) in [5.74, 6) is 0. The van der Waals surface area contributed by atoms with Crippen molar-refractivity contribution in [3.8, 4) is 0 Å². The van der Waals surface area contributed by atoms with Gasteiger partial charge in [-0.3, -0.25) is 10.1 Å². The number of rotatable bonds is 3. The van der Waals surface area contributed by atoms with Crippen LogP contribution in [-0.4, -0.2) is 16.1 Å². The fourth-order valence-corrected chi connectivity index (χ4v) is 1.42. The predicted molar refractivity (Wildman–Crippen MR) is 59.9 cm³/mol. The Morgan fingerprint density at radius 2 is 2.00 bits per heavy atom. The molecule has 1 aliphatic rings. The maximum atomic E-state index is 10.4. The first kappa shape index (κ1) is 10.4. The molecule has 0 saturated carbocycles. The first-order valence-corrected chi connectivity index (χ1v) is 4.75. The monoisotopic (exact) mass is 218 g/mol. The Morgan fingerprint density at radius 1 is 1.31 bits per heavy atom. The van der Waals surface area contributed by atoms with E-state index in [0.717, 1.165) is 0 Å². The summed E-state index contributed by atoms with van der Waals surface area (Å²) in [6, 6.07) is 6.03. The molecule has 1 aromatic rings. The largest absolute Gasteiger partial charge is 0.383 e. The van der Waals surface area contributed by atoms with Crippen molar-refractivity contribution in [1.29, 1.82) is 0 Å². The molecule has 0 fully saturated rings. The second-order valence-electron chi connectivity index (χ2n) is 3.38. The Balaban J connectivity index is 2.09. The van der Waals surface area contributed by atoms with E-state index in [2.05, 4.69) is 5.32 Å². The van der Waals surface area contributed by atoms with Gasteiger partial charge in [-0.05, 0) is 18.2 Å². The second-order valence-corrected chi connectivity index (χ2v) is 3.38. The van der Waals surface area contributed by atoms with Crippen LogP contribution in [0.1, 0.15) is 0 Å². The second kappa shape index (κ2) is 4.16. The minimum atomic E-state index is -0.629. The lowest BCUT2D eigenvalue weighted by molar-refractivity contribution is -0.384. The maximum Gasteiger partial charge on any atom is 0.269 e. The summed E-state index contributed by atoms with van der Waals surface area (Å²) in [6.07, 6.45) is 4.52. The molecule has 0 saturated heterocycles. The molecule has 2 N–H and O–H groups in total. The molecule has 1 aromatic carbocycles. The SMILES string of the molecule is O=[N+]([O-])c1ccc(NC2=CC=CC2O)cc1. The number of hydrogen-bond donors (Lipinski definition) is 2. The molecule has 2 rings (SSSR count). The number of hydrogen-bond acceptors (Lipinski definition) is 4. The van der Waals surface area contributed by atoms with Gasteiger partial charge < -0.3 is 10.4 Å². The predicted octanol–water partition coefficient (Wildman–Crippen LogP) is 1.82. The summed E-state index contributed by atoms with van der Waals surface area (Å²) in [6.45, 7) is 0. The molecular formula is C11H10N2O3. The minimum Gasteiger partial charge on any atom is -0.383 e. The molecule has 0 radical (unpaired) electrons. The number of nitro benzene ring substituents is 1. The number of aliphatic hydroxyl groups is 1. The van der Waals surface area contributed by atoms with Crippen LogP contribution in [0.15, 0.2) is 48.2 Å². The van der Waals surface area contributed by atoms with Crippen molar-refractivity contribution in [3.05, 3.63) is 58.3 Å². The molecule has 1 aliphatic carbocycles. The lowest BCUT2D eigenvalue weighted by atomic mass is 10.2. The first-order valence-electron chi connectivity index (χ1n) is 4.75. The number of nitro groups is 1. The van der Waals surface area contributed by atoms with Gasteiger partial charge in [-0.1, -0.05) is 12.2 Å². The fraction of sp³-hybridized carbons (Fsp3) is 0.0909. The Kier molecular flexibility index (Phi) is 2.70. The van der Waals surface area contributed by atoms with Crippen molar-refractivity contribution in [2.24, 2.45) is 0 Å². The van der Waals surface area contributed by atoms with E-state index in [1.165, 1.54) is 12.1 Å². The molecule has 0 bridgehead atoms. The van der Waals surface area contributed by atoms with Crippen LogP contribution in [-0.2, 0) is 0 Å². The van der Waals surface area contributed by atoms with E-state index in [1.807, 2.05) is 0 Å². The lowest BCUT2D eigenvalue weighted by Gasteiger charge is -2.10. The van der Waals surface area contributed by atoms with Crippen molar-refractivity contribution < 1.29 is 10.0 Å². The van der Waals surface area contributed by atoms with E-state index in [4.69, 9.17) is 0 Å². The van der Waals surface area contributed by atoms with Gasteiger partial charge >= 0.3 is 0 Å². The van der Waals surface area contributed by atoms with Crippen LogP contribution in [0.5, 0.6) is 0 Å². The summed E-state index contributed by atoms with van der Waals surface area (Å²) >= 11 is 0. The van der Waals surface area contributed by atoms with Crippen molar-refractivity contribution in [3.63, 3.8) is 0 Å². The van der Waals surface area contributed by atoms with Gasteiger partial charge in [0.05, 0.1) is 4.92 Å². The highest BCUT2D eigenvalue weighted by molar-refractivity contribution is 5.54. The van der Waals surface area contributed by atoms with Crippen molar-refractivity contribution in [1.82, 2.24) is 0 Å². The van der Waals surface area contributed by atoms with E-state index < -0.39 is 11.0 Å². The molecular weight excluding hydrogens is 208 g/mol. The van der Waals surface area contributed by atoms with Gasteiger partial charge in [0.2, 0.25) is 0 Å². The normalized spacial score (nSPS) is 18.3. The topological polar surface area (TPSA) is 75.4 Å². The van der Waals surface area contributed by atoms with Gasteiger partial charge in [0.25, 0.3) is 5.69 Å². The molecule has 82 valence electrons. The number of non-ortho nitro benzene ring substituents is 1. The number of anilines is 1. The fourth-order valence-electron chi connectivity index (χ4n) is 1.42. The highest BCUT2D eigenvalue weighted by Crippen LogP contribution is 2.19.